The molecule has 0 bridgehead atoms. The van der Waals surface area contributed by atoms with E-state index < -0.39 is 14.5 Å². The van der Waals surface area contributed by atoms with Gasteiger partial charge in [-0.2, -0.15) is 9.13 Å². The number of rotatable bonds is 3. The standard InChI is InChI=1S/C18H26N2.2BF4/c1-13-9-15(3)19(16(4)10-13)7-8-20-17(5)11-14(2)12-18(20)6;2*2-1(3,4)5/h9-12H,7-8H2,1-6H3;;/q+2;2*-1. The van der Waals surface area contributed by atoms with Gasteiger partial charge in [-0.1, -0.05) is 0 Å². The topological polar surface area (TPSA) is 7.76 Å². The third-order valence-electron chi connectivity index (χ3n) is 4.00. The van der Waals surface area contributed by atoms with E-state index in [4.69, 9.17) is 0 Å². The molecule has 2 heterocycles. The highest BCUT2D eigenvalue weighted by Crippen LogP contribution is 2.07. The summed E-state index contributed by atoms with van der Waals surface area (Å²) in [6.45, 7) is 15.1. The van der Waals surface area contributed by atoms with Gasteiger partial charge in [-0.3, -0.25) is 0 Å². The molecule has 0 unspecified atom stereocenters. The molecule has 0 atom stereocenters. The summed E-state index contributed by atoms with van der Waals surface area (Å²) in [5, 5.41) is 0. The molecule has 0 saturated carbocycles. The lowest BCUT2D eigenvalue weighted by molar-refractivity contribution is -0.788. The molecular weight excluding hydrogens is 418 g/mol. The van der Waals surface area contributed by atoms with Crippen LogP contribution >= 0.6 is 0 Å². The first kappa shape index (κ1) is 27.9. The number of aromatic nitrogens is 2. The van der Waals surface area contributed by atoms with Crippen LogP contribution < -0.4 is 9.13 Å². The van der Waals surface area contributed by atoms with Gasteiger partial charge in [0.05, 0.1) is 0 Å². The van der Waals surface area contributed by atoms with Crippen molar-refractivity contribution in [2.45, 2.75) is 54.6 Å². The second kappa shape index (κ2) is 11.3. The van der Waals surface area contributed by atoms with Crippen molar-refractivity contribution in [3.63, 3.8) is 0 Å². The molecule has 30 heavy (non-hydrogen) atoms. The van der Waals surface area contributed by atoms with Crippen LogP contribution in [-0.4, -0.2) is 14.5 Å². The molecule has 0 aliphatic rings. The first-order chi connectivity index (χ1) is 13.4. The van der Waals surface area contributed by atoms with Gasteiger partial charge in [0.2, 0.25) is 13.1 Å². The number of hydrogen-bond acceptors (Lipinski definition) is 0. The number of halogens is 8. The van der Waals surface area contributed by atoms with Crippen molar-refractivity contribution >= 4 is 14.5 Å². The maximum Gasteiger partial charge on any atom is 0.673 e. The summed E-state index contributed by atoms with van der Waals surface area (Å²) in [5.41, 5.74) is 8.03. The van der Waals surface area contributed by atoms with Crippen LogP contribution in [0.1, 0.15) is 33.9 Å². The molecule has 0 amide bonds. The summed E-state index contributed by atoms with van der Waals surface area (Å²) in [6, 6.07) is 9.03. The van der Waals surface area contributed by atoms with Crippen molar-refractivity contribution in [2.75, 3.05) is 0 Å². The van der Waals surface area contributed by atoms with E-state index in [1.54, 1.807) is 0 Å². The average molecular weight is 444 g/mol. The van der Waals surface area contributed by atoms with E-state index in [0.29, 0.717) is 0 Å². The minimum atomic E-state index is -6.00. The van der Waals surface area contributed by atoms with Crippen LogP contribution in [0.2, 0.25) is 0 Å². The zero-order valence-corrected chi connectivity index (χ0v) is 17.8. The normalized spacial score (nSPS) is 11.3. The van der Waals surface area contributed by atoms with Crippen molar-refractivity contribution in [3.8, 4) is 0 Å². The van der Waals surface area contributed by atoms with Crippen molar-refractivity contribution < 1.29 is 43.7 Å². The quantitative estimate of drug-likeness (QED) is 0.340. The summed E-state index contributed by atoms with van der Waals surface area (Å²) in [7, 11) is -12.0. The van der Waals surface area contributed by atoms with Crippen LogP contribution in [0.25, 0.3) is 0 Å². The summed E-state index contributed by atoms with van der Waals surface area (Å²) < 4.78 is 82.8. The molecule has 2 rings (SSSR count). The zero-order valence-electron chi connectivity index (χ0n) is 17.8. The molecule has 2 nitrogen and oxygen atoms in total. The van der Waals surface area contributed by atoms with Gasteiger partial charge in [0.25, 0.3) is 0 Å². The van der Waals surface area contributed by atoms with Crippen molar-refractivity contribution in [1.29, 1.82) is 0 Å². The SMILES string of the molecule is Cc1cc(C)[n+](CC[n+]2c(C)cc(C)cc2C)c(C)c1.F[B-](F)(F)F.F[B-](F)(F)F. The van der Waals surface area contributed by atoms with Crippen molar-refractivity contribution in [1.82, 2.24) is 0 Å². The maximum atomic E-state index is 9.75. The molecule has 0 saturated heterocycles. The molecular formula is C18H26B2F8N2. The molecule has 12 heteroatoms. The minimum Gasteiger partial charge on any atom is -0.418 e. The lowest BCUT2D eigenvalue weighted by Crippen LogP contribution is -2.50. The van der Waals surface area contributed by atoms with Crippen LogP contribution in [-0.2, 0) is 13.1 Å². The molecule has 0 fully saturated rings. The van der Waals surface area contributed by atoms with E-state index in [1.165, 1.54) is 33.9 Å². The molecule has 0 aliphatic carbocycles. The molecule has 170 valence electrons. The predicted molar refractivity (Wildman–Crippen MR) is 102 cm³/mol. The first-order valence-electron chi connectivity index (χ1n) is 9.08. The van der Waals surface area contributed by atoms with Gasteiger partial charge >= 0.3 is 14.5 Å². The van der Waals surface area contributed by atoms with Crippen molar-refractivity contribution in [2.24, 2.45) is 0 Å². The Hall–Kier alpha value is -2.13. The predicted octanol–water partition coefficient (Wildman–Crippen LogP) is 5.41. The van der Waals surface area contributed by atoms with Crippen LogP contribution in [0.15, 0.2) is 24.3 Å². The van der Waals surface area contributed by atoms with Crippen LogP contribution in [0, 0.1) is 41.5 Å². The second-order valence-corrected chi connectivity index (χ2v) is 6.92. The average Bonchev–Trinajstić information content (AvgIpc) is 2.44. The fourth-order valence-corrected chi connectivity index (χ4v) is 3.17. The third kappa shape index (κ3) is 13.2. The van der Waals surface area contributed by atoms with E-state index in [9.17, 15) is 34.5 Å². The Morgan fingerprint density at radius 3 is 0.833 bits per heavy atom. The molecule has 2 aromatic rings. The van der Waals surface area contributed by atoms with E-state index in [1.807, 2.05) is 0 Å². The first-order valence-corrected chi connectivity index (χ1v) is 9.08. The number of aryl methyl sites for hydroxylation is 6. The molecule has 0 aliphatic heterocycles. The van der Waals surface area contributed by atoms with E-state index >= 15 is 0 Å². The van der Waals surface area contributed by atoms with Crippen molar-refractivity contribution in [3.05, 3.63) is 58.2 Å². The van der Waals surface area contributed by atoms with Gasteiger partial charge in [0.15, 0.2) is 22.8 Å². The van der Waals surface area contributed by atoms with E-state index in [-0.39, 0.29) is 0 Å². The fraction of sp³-hybridized carbons (Fsp3) is 0.444. The Labute approximate surface area is 171 Å². The second-order valence-electron chi connectivity index (χ2n) is 6.92. The summed E-state index contributed by atoms with van der Waals surface area (Å²) in [4.78, 5) is 0. The lowest BCUT2D eigenvalue weighted by Gasteiger charge is -2.07. The highest BCUT2D eigenvalue weighted by atomic mass is 19.5. The van der Waals surface area contributed by atoms with Gasteiger partial charge in [0.1, 0.15) is 0 Å². The zero-order chi connectivity index (χ0) is 23.9. The summed E-state index contributed by atoms with van der Waals surface area (Å²) in [6.07, 6.45) is 0. The maximum absolute atomic E-state index is 9.75. The largest absolute Gasteiger partial charge is 0.673 e. The molecule has 0 N–H and O–H groups in total. The molecule has 0 aromatic carbocycles. The molecule has 2 aromatic heterocycles. The highest BCUT2D eigenvalue weighted by Gasteiger charge is 2.21. The Morgan fingerprint density at radius 1 is 0.500 bits per heavy atom. The highest BCUT2D eigenvalue weighted by molar-refractivity contribution is 6.50. The number of pyridine rings is 2. The Bertz CT molecular complexity index is 708. The summed E-state index contributed by atoms with van der Waals surface area (Å²) in [5.74, 6) is 0. The van der Waals surface area contributed by atoms with Crippen LogP contribution in [0.3, 0.4) is 0 Å². The summed E-state index contributed by atoms with van der Waals surface area (Å²) >= 11 is 0. The lowest BCUT2D eigenvalue weighted by atomic mass is 10.2. The minimum absolute atomic E-state index is 1.02. The van der Waals surface area contributed by atoms with Crippen LogP contribution in [0.4, 0.5) is 34.5 Å². The van der Waals surface area contributed by atoms with Crippen LogP contribution in [0.5, 0.6) is 0 Å². The Balaban J connectivity index is 0.000000702. The fourth-order valence-electron chi connectivity index (χ4n) is 3.17. The van der Waals surface area contributed by atoms with E-state index in [0.717, 1.165) is 13.1 Å². The van der Waals surface area contributed by atoms with Gasteiger partial charge in [-0.25, -0.2) is 0 Å². The Kier molecular flexibility index (Phi) is 10.5. The number of nitrogens with zero attached hydrogens (tertiary/aromatic N) is 2. The van der Waals surface area contributed by atoms with Gasteiger partial charge in [-0.15, -0.1) is 0 Å². The van der Waals surface area contributed by atoms with Gasteiger partial charge < -0.3 is 34.5 Å². The smallest absolute Gasteiger partial charge is 0.418 e. The molecule has 0 radical (unpaired) electrons. The molecule has 0 spiro atoms. The van der Waals surface area contributed by atoms with E-state index in [2.05, 4.69) is 74.9 Å². The van der Waals surface area contributed by atoms with Gasteiger partial charge in [0, 0.05) is 52.0 Å². The Morgan fingerprint density at radius 2 is 0.667 bits per heavy atom. The monoisotopic (exact) mass is 444 g/mol. The number of hydrogen-bond donors (Lipinski definition) is 0. The third-order valence-corrected chi connectivity index (χ3v) is 4.00. The van der Waals surface area contributed by atoms with Gasteiger partial charge in [-0.05, 0) is 25.0 Å².